The molecule has 1 aliphatic rings. The van der Waals surface area contributed by atoms with E-state index in [1.165, 1.54) is 24.5 Å². The second-order valence-electron chi connectivity index (χ2n) is 8.90. The van der Waals surface area contributed by atoms with Gasteiger partial charge in [0.2, 0.25) is 9.84 Å². The lowest BCUT2D eigenvalue weighted by Gasteiger charge is -2.26. The zero-order valence-corrected chi connectivity index (χ0v) is 18.4. The zero-order valence-electron chi connectivity index (χ0n) is 17.5. The summed E-state index contributed by atoms with van der Waals surface area (Å²) in [4.78, 5) is 5.11. The van der Waals surface area contributed by atoms with Gasteiger partial charge in [-0.1, -0.05) is 20.8 Å². The first-order valence-electron chi connectivity index (χ1n) is 10.2. The van der Waals surface area contributed by atoms with Crippen molar-refractivity contribution in [1.29, 1.82) is 0 Å². The molecule has 30 heavy (non-hydrogen) atoms. The smallest absolute Gasteiger partial charge is 0.207 e. The predicted molar refractivity (Wildman–Crippen MR) is 113 cm³/mol. The first-order valence-corrected chi connectivity index (χ1v) is 11.7. The van der Waals surface area contributed by atoms with E-state index >= 15 is 0 Å². The number of imidazole rings is 1. The van der Waals surface area contributed by atoms with Gasteiger partial charge in [0.1, 0.15) is 5.82 Å². The first kappa shape index (κ1) is 20.8. The molecule has 3 aromatic rings. The molecular weight excluding hydrogens is 402 g/mol. The molecule has 0 saturated carbocycles. The molecule has 0 bridgehead atoms. The molecule has 0 atom stereocenters. The van der Waals surface area contributed by atoms with Crippen LogP contribution in [0.2, 0.25) is 0 Å². The van der Waals surface area contributed by atoms with Crippen LogP contribution in [0.15, 0.2) is 52.5 Å². The molecule has 3 heterocycles. The highest BCUT2D eigenvalue weighted by molar-refractivity contribution is 7.91. The average molecular weight is 430 g/mol. The lowest BCUT2D eigenvalue weighted by molar-refractivity contribution is -0.605. The summed E-state index contributed by atoms with van der Waals surface area (Å²) in [5, 5.41) is 11.3. The van der Waals surface area contributed by atoms with E-state index < -0.39 is 9.84 Å². The van der Waals surface area contributed by atoms with E-state index in [1.807, 2.05) is 6.07 Å². The van der Waals surface area contributed by atoms with Gasteiger partial charge in [-0.3, -0.25) is 0 Å². The van der Waals surface area contributed by atoms with E-state index in [2.05, 4.69) is 25.3 Å². The second kappa shape index (κ2) is 7.67. The summed E-state index contributed by atoms with van der Waals surface area (Å²) < 4.78 is 34.4. The number of fused-ring (bicyclic) bond motifs is 1. The number of sulfone groups is 1. The molecule has 8 heteroatoms. The van der Waals surface area contributed by atoms with Crippen LogP contribution >= 0.6 is 0 Å². The fraction of sp³-hybridized carbons (Fsp3) is 0.455. The number of aromatic nitrogens is 3. The molecule has 4 rings (SSSR count). The van der Waals surface area contributed by atoms with Gasteiger partial charge in [-0.25, -0.2) is 13.4 Å². The minimum Gasteiger partial charge on any atom is -0.619 e. The molecular formula is C22H27N3O4S. The molecule has 1 aromatic carbocycles. The standard InChI is InChI=1S/C22H27N3O4S/c1-22(2,3)21-23-19-14-18(30(27,28)17-6-10-24(26)11-7-17)4-5-20(19)25(21)15-16-8-12-29-13-9-16/h4-7,10-11,14,16H,8-9,12-13,15H2,1-3H3. The second-order valence-corrected chi connectivity index (χ2v) is 10.8. The molecule has 1 aliphatic heterocycles. The van der Waals surface area contributed by atoms with Crippen molar-refractivity contribution in [2.75, 3.05) is 13.2 Å². The van der Waals surface area contributed by atoms with Gasteiger partial charge in [0.05, 0.1) is 20.8 Å². The minimum absolute atomic E-state index is 0.0895. The lowest BCUT2D eigenvalue weighted by Crippen LogP contribution is -2.25. The number of rotatable bonds is 4. The largest absolute Gasteiger partial charge is 0.619 e. The summed E-state index contributed by atoms with van der Waals surface area (Å²) in [7, 11) is -3.73. The van der Waals surface area contributed by atoms with Gasteiger partial charge in [0.15, 0.2) is 12.4 Å². The summed E-state index contributed by atoms with van der Waals surface area (Å²) in [6.45, 7) is 8.77. The monoisotopic (exact) mass is 429 g/mol. The molecule has 1 saturated heterocycles. The van der Waals surface area contributed by atoms with Gasteiger partial charge >= 0.3 is 0 Å². The van der Waals surface area contributed by atoms with Crippen LogP contribution < -0.4 is 4.73 Å². The van der Waals surface area contributed by atoms with Crippen molar-refractivity contribution in [1.82, 2.24) is 9.55 Å². The van der Waals surface area contributed by atoms with Crippen molar-refractivity contribution in [3.05, 3.63) is 53.8 Å². The van der Waals surface area contributed by atoms with Crippen LogP contribution in [0.1, 0.15) is 39.4 Å². The molecule has 0 N–H and O–H groups in total. The maximum absolute atomic E-state index is 13.0. The Labute approximate surface area is 176 Å². The Morgan fingerprint density at radius 3 is 2.43 bits per heavy atom. The van der Waals surface area contributed by atoms with Crippen molar-refractivity contribution in [2.45, 2.75) is 55.4 Å². The van der Waals surface area contributed by atoms with E-state index in [1.54, 1.807) is 12.1 Å². The molecule has 1 fully saturated rings. The van der Waals surface area contributed by atoms with Crippen LogP contribution in [-0.4, -0.2) is 31.2 Å². The average Bonchev–Trinajstić information content (AvgIpc) is 3.07. The Bertz CT molecular complexity index is 1160. The first-order chi connectivity index (χ1) is 14.2. The van der Waals surface area contributed by atoms with E-state index in [0.717, 1.165) is 43.9 Å². The van der Waals surface area contributed by atoms with Crippen molar-refractivity contribution in [3.8, 4) is 0 Å². The molecule has 160 valence electrons. The fourth-order valence-corrected chi connectivity index (χ4v) is 5.20. The molecule has 0 unspecified atom stereocenters. The van der Waals surface area contributed by atoms with Crippen LogP contribution in [-0.2, 0) is 26.5 Å². The number of benzene rings is 1. The molecule has 0 amide bonds. The van der Waals surface area contributed by atoms with Gasteiger partial charge in [0, 0.05) is 37.3 Å². The van der Waals surface area contributed by atoms with Crippen LogP contribution in [0.25, 0.3) is 11.0 Å². The van der Waals surface area contributed by atoms with Crippen molar-refractivity contribution < 1.29 is 17.9 Å². The SMILES string of the molecule is CC(C)(C)c1nc2cc(S(=O)(=O)c3cc[n+]([O-])cc3)ccc2n1CC1CCOCC1. The molecule has 2 aromatic heterocycles. The van der Waals surface area contributed by atoms with Gasteiger partial charge < -0.3 is 14.5 Å². The molecule has 0 aliphatic carbocycles. The normalized spacial score (nSPS) is 16.2. The topological polar surface area (TPSA) is 88.1 Å². The van der Waals surface area contributed by atoms with Gasteiger partial charge in [-0.15, -0.1) is 0 Å². The van der Waals surface area contributed by atoms with Gasteiger partial charge in [-0.2, -0.15) is 4.73 Å². The Morgan fingerprint density at radius 1 is 1.13 bits per heavy atom. The van der Waals surface area contributed by atoms with E-state index in [9.17, 15) is 13.6 Å². The number of hydrogen-bond acceptors (Lipinski definition) is 5. The number of pyridine rings is 1. The van der Waals surface area contributed by atoms with E-state index in [4.69, 9.17) is 9.72 Å². The summed E-state index contributed by atoms with van der Waals surface area (Å²) >= 11 is 0. The molecule has 0 radical (unpaired) electrons. The number of nitrogens with zero attached hydrogens (tertiary/aromatic N) is 3. The van der Waals surface area contributed by atoms with E-state index in [0.29, 0.717) is 16.2 Å². The lowest BCUT2D eigenvalue weighted by atomic mass is 9.94. The van der Waals surface area contributed by atoms with Gasteiger partial charge in [-0.05, 0) is 37.0 Å². The van der Waals surface area contributed by atoms with Crippen molar-refractivity contribution in [2.24, 2.45) is 5.92 Å². The third kappa shape index (κ3) is 3.94. The van der Waals surface area contributed by atoms with Crippen molar-refractivity contribution >= 4 is 20.9 Å². The predicted octanol–water partition coefficient (Wildman–Crippen LogP) is 3.23. The Balaban J connectivity index is 1.78. The van der Waals surface area contributed by atoms with Crippen LogP contribution in [0, 0.1) is 11.1 Å². The zero-order chi connectivity index (χ0) is 21.5. The third-order valence-corrected chi connectivity index (χ3v) is 7.33. The van der Waals surface area contributed by atoms with Crippen LogP contribution in [0.5, 0.6) is 0 Å². The third-order valence-electron chi connectivity index (χ3n) is 5.56. The summed E-state index contributed by atoms with van der Waals surface area (Å²) in [6.07, 6.45) is 4.41. The van der Waals surface area contributed by atoms with Crippen LogP contribution in [0.4, 0.5) is 0 Å². The molecule has 7 nitrogen and oxygen atoms in total. The fourth-order valence-electron chi connectivity index (χ4n) is 3.94. The highest BCUT2D eigenvalue weighted by Crippen LogP contribution is 2.31. The highest BCUT2D eigenvalue weighted by Gasteiger charge is 2.27. The van der Waals surface area contributed by atoms with Crippen LogP contribution in [0.3, 0.4) is 0 Å². The molecule has 0 spiro atoms. The summed E-state index contributed by atoms with van der Waals surface area (Å²) in [5.74, 6) is 1.47. The highest BCUT2D eigenvalue weighted by atomic mass is 32.2. The van der Waals surface area contributed by atoms with Crippen molar-refractivity contribution in [3.63, 3.8) is 0 Å². The number of ether oxygens (including phenoxy) is 1. The minimum atomic E-state index is -3.73. The summed E-state index contributed by atoms with van der Waals surface area (Å²) in [5.41, 5.74) is 1.43. The van der Waals surface area contributed by atoms with E-state index in [-0.39, 0.29) is 15.2 Å². The maximum Gasteiger partial charge on any atom is 0.207 e. The maximum atomic E-state index is 13.0. The Morgan fingerprint density at radius 2 is 1.80 bits per heavy atom. The summed E-state index contributed by atoms with van der Waals surface area (Å²) in [6, 6.07) is 7.75. The Kier molecular flexibility index (Phi) is 5.32. The van der Waals surface area contributed by atoms with Gasteiger partial charge in [0.25, 0.3) is 0 Å². The number of hydrogen-bond donors (Lipinski definition) is 0. The Hall–Kier alpha value is -2.45. The quantitative estimate of drug-likeness (QED) is 0.469.